The number of primary amides is 1. The molecule has 100 valence electrons. The number of rotatable bonds is 6. The Labute approximate surface area is 108 Å². The lowest BCUT2D eigenvalue weighted by molar-refractivity contribution is -0.122. The quantitative estimate of drug-likeness (QED) is 0.754. The molecule has 0 aliphatic carbocycles. The summed E-state index contributed by atoms with van der Waals surface area (Å²) in [6.07, 6.45) is 1.22. The monoisotopic (exact) mass is 250 g/mol. The minimum atomic E-state index is -0.953. The van der Waals surface area contributed by atoms with Gasteiger partial charge in [0.25, 0.3) is 0 Å². The van der Waals surface area contributed by atoms with Crippen molar-refractivity contribution in [2.45, 2.75) is 39.2 Å². The Morgan fingerprint density at radius 3 is 2.67 bits per heavy atom. The van der Waals surface area contributed by atoms with Gasteiger partial charge in [0.15, 0.2) is 0 Å². The van der Waals surface area contributed by atoms with Crippen LogP contribution in [0.4, 0.5) is 0 Å². The first-order valence-corrected chi connectivity index (χ1v) is 6.12. The van der Waals surface area contributed by atoms with Gasteiger partial charge in [0.2, 0.25) is 5.91 Å². The van der Waals surface area contributed by atoms with Crippen LogP contribution in [0.5, 0.6) is 5.75 Å². The van der Waals surface area contributed by atoms with E-state index in [1.807, 2.05) is 32.0 Å². The van der Waals surface area contributed by atoms with Crippen LogP contribution in [0.1, 0.15) is 30.9 Å². The van der Waals surface area contributed by atoms with Gasteiger partial charge in [-0.1, -0.05) is 12.1 Å². The standard InChI is InChI=1S/C14H22N2O2/c1-10-6-4-7-12(11(10)2)18-9-5-8-14(3,16)13(15)17/h4,6-7H,5,8-9,16H2,1-3H3,(H2,15,17). The highest BCUT2D eigenvalue weighted by atomic mass is 16.5. The minimum absolute atomic E-state index is 0.478. The van der Waals surface area contributed by atoms with Crippen molar-refractivity contribution in [3.63, 3.8) is 0 Å². The molecule has 0 aromatic heterocycles. The second kappa shape index (κ2) is 5.87. The topological polar surface area (TPSA) is 78.3 Å². The van der Waals surface area contributed by atoms with Gasteiger partial charge in [-0.3, -0.25) is 4.79 Å². The number of carbonyl (C=O) groups is 1. The van der Waals surface area contributed by atoms with Crippen molar-refractivity contribution in [3.8, 4) is 5.75 Å². The van der Waals surface area contributed by atoms with Gasteiger partial charge in [0, 0.05) is 0 Å². The average Bonchev–Trinajstić information content (AvgIpc) is 2.29. The lowest BCUT2D eigenvalue weighted by atomic mass is 9.97. The molecule has 4 nitrogen and oxygen atoms in total. The molecule has 0 heterocycles. The molecule has 1 atom stereocenters. The van der Waals surface area contributed by atoms with E-state index >= 15 is 0 Å². The average molecular weight is 250 g/mol. The molecule has 18 heavy (non-hydrogen) atoms. The Morgan fingerprint density at radius 2 is 2.06 bits per heavy atom. The van der Waals surface area contributed by atoms with Crippen molar-refractivity contribution in [1.29, 1.82) is 0 Å². The van der Waals surface area contributed by atoms with E-state index in [2.05, 4.69) is 0 Å². The smallest absolute Gasteiger partial charge is 0.237 e. The van der Waals surface area contributed by atoms with E-state index in [9.17, 15) is 4.79 Å². The van der Waals surface area contributed by atoms with Crippen LogP contribution >= 0.6 is 0 Å². The summed E-state index contributed by atoms with van der Waals surface area (Å²) < 4.78 is 5.69. The molecule has 1 aromatic carbocycles. The normalized spacial score (nSPS) is 14.0. The fourth-order valence-corrected chi connectivity index (χ4v) is 1.63. The molecule has 0 spiro atoms. The third-order valence-corrected chi connectivity index (χ3v) is 3.22. The van der Waals surface area contributed by atoms with Gasteiger partial charge in [-0.15, -0.1) is 0 Å². The maximum atomic E-state index is 11.0. The largest absolute Gasteiger partial charge is 0.493 e. The Morgan fingerprint density at radius 1 is 1.39 bits per heavy atom. The molecule has 1 amide bonds. The molecule has 0 saturated carbocycles. The van der Waals surface area contributed by atoms with Crippen LogP contribution in [0.2, 0.25) is 0 Å². The fourth-order valence-electron chi connectivity index (χ4n) is 1.63. The Bertz CT molecular complexity index is 428. The summed E-state index contributed by atoms with van der Waals surface area (Å²) in [6, 6.07) is 5.96. The maximum Gasteiger partial charge on any atom is 0.237 e. The summed E-state index contributed by atoms with van der Waals surface area (Å²) in [5.74, 6) is 0.405. The van der Waals surface area contributed by atoms with Crippen molar-refractivity contribution in [2.75, 3.05) is 6.61 Å². The van der Waals surface area contributed by atoms with Gasteiger partial charge in [-0.25, -0.2) is 0 Å². The summed E-state index contributed by atoms with van der Waals surface area (Å²) in [4.78, 5) is 11.0. The SMILES string of the molecule is Cc1cccc(OCCCC(C)(N)C(N)=O)c1C. The van der Waals surface area contributed by atoms with Gasteiger partial charge in [0.05, 0.1) is 12.1 Å². The van der Waals surface area contributed by atoms with Crippen molar-refractivity contribution in [1.82, 2.24) is 0 Å². The van der Waals surface area contributed by atoms with Crippen LogP contribution in [0.3, 0.4) is 0 Å². The highest BCUT2D eigenvalue weighted by Gasteiger charge is 2.24. The molecule has 0 radical (unpaired) electrons. The summed E-state index contributed by atoms with van der Waals surface area (Å²) in [5.41, 5.74) is 12.4. The predicted molar refractivity (Wildman–Crippen MR) is 72.4 cm³/mol. The van der Waals surface area contributed by atoms with E-state index in [1.54, 1.807) is 6.92 Å². The number of hydrogen-bond acceptors (Lipinski definition) is 3. The lowest BCUT2D eigenvalue weighted by Crippen LogP contribution is -2.49. The summed E-state index contributed by atoms with van der Waals surface area (Å²) in [6.45, 7) is 6.25. The first kappa shape index (κ1) is 14.5. The molecule has 4 heteroatoms. The molecule has 0 saturated heterocycles. The van der Waals surface area contributed by atoms with Crippen LogP contribution in [-0.4, -0.2) is 18.1 Å². The van der Waals surface area contributed by atoms with Gasteiger partial charge in [-0.05, 0) is 50.8 Å². The van der Waals surface area contributed by atoms with Crippen LogP contribution in [0.15, 0.2) is 18.2 Å². The first-order valence-electron chi connectivity index (χ1n) is 6.12. The van der Waals surface area contributed by atoms with E-state index < -0.39 is 11.4 Å². The Kier molecular flexibility index (Phi) is 4.73. The third-order valence-electron chi connectivity index (χ3n) is 3.22. The zero-order valence-electron chi connectivity index (χ0n) is 11.3. The van der Waals surface area contributed by atoms with E-state index in [4.69, 9.17) is 16.2 Å². The molecule has 1 unspecified atom stereocenters. The van der Waals surface area contributed by atoms with E-state index in [0.717, 1.165) is 11.3 Å². The molecule has 0 bridgehead atoms. The fraction of sp³-hybridized carbons (Fsp3) is 0.500. The van der Waals surface area contributed by atoms with Crippen molar-refractivity contribution >= 4 is 5.91 Å². The molecule has 0 fully saturated rings. The third kappa shape index (κ3) is 3.74. The Balaban J connectivity index is 2.43. The van der Waals surface area contributed by atoms with Crippen LogP contribution in [0.25, 0.3) is 0 Å². The first-order chi connectivity index (χ1) is 8.34. The highest BCUT2D eigenvalue weighted by Crippen LogP contribution is 2.21. The van der Waals surface area contributed by atoms with Gasteiger partial charge >= 0.3 is 0 Å². The number of aryl methyl sites for hydroxylation is 1. The van der Waals surface area contributed by atoms with Crippen LogP contribution in [-0.2, 0) is 4.79 Å². The zero-order valence-corrected chi connectivity index (χ0v) is 11.3. The van der Waals surface area contributed by atoms with Crippen LogP contribution in [0, 0.1) is 13.8 Å². The second-order valence-electron chi connectivity index (χ2n) is 4.93. The zero-order chi connectivity index (χ0) is 13.8. The number of nitrogens with two attached hydrogens (primary N) is 2. The number of carbonyl (C=O) groups excluding carboxylic acids is 1. The maximum absolute atomic E-state index is 11.0. The number of amides is 1. The Hall–Kier alpha value is -1.55. The molecule has 4 N–H and O–H groups in total. The number of hydrogen-bond donors (Lipinski definition) is 2. The molecule has 1 rings (SSSR count). The van der Waals surface area contributed by atoms with Crippen molar-refractivity contribution in [2.24, 2.45) is 11.5 Å². The minimum Gasteiger partial charge on any atom is -0.493 e. The highest BCUT2D eigenvalue weighted by molar-refractivity contribution is 5.83. The van der Waals surface area contributed by atoms with Crippen LogP contribution < -0.4 is 16.2 Å². The molecule has 0 aliphatic rings. The van der Waals surface area contributed by atoms with E-state index in [-0.39, 0.29) is 0 Å². The summed E-state index contributed by atoms with van der Waals surface area (Å²) in [7, 11) is 0. The van der Waals surface area contributed by atoms with Gasteiger partial charge in [-0.2, -0.15) is 0 Å². The number of ether oxygens (including phenoxy) is 1. The van der Waals surface area contributed by atoms with E-state index in [1.165, 1.54) is 5.56 Å². The molecular formula is C14H22N2O2. The van der Waals surface area contributed by atoms with Crippen molar-refractivity contribution < 1.29 is 9.53 Å². The lowest BCUT2D eigenvalue weighted by Gasteiger charge is -2.20. The van der Waals surface area contributed by atoms with Gasteiger partial charge in [0.1, 0.15) is 5.75 Å². The van der Waals surface area contributed by atoms with Crippen molar-refractivity contribution in [3.05, 3.63) is 29.3 Å². The van der Waals surface area contributed by atoms with E-state index in [0.29, 0.717) is 19.4 Å². The molecule has 0 aliphatic heterocycles. The second-order valence-corrected chi connectivity index (χ2v) is 4.93. The van der Waals surface area contributed by atoms with Gasteiger partial charge < -0.3 is 16.2 Å². The summed E-state index contributed by atoms with van der Waals surface area (Å²) >= 11 is 0. The molecule has 1 aromatic rings. The molecular weight excluding hydrogens is 228 g/mol. The predicted octanol–water partition coefficient (Wildman–Crippen LogP) is 1.67. The summed E-state index contributed by atoms with van der Waals surface area (Å²) in [5, 5.41) is 0. The number of benzene rings is 1.